The molecule has 0 bridgehead atoms. The molecule has 2 aromatic heterocycles. The molecule has 0 N–H and O–H groups in total. The number of imidazole rings is 1. The van der Waals surface area contributed by atoms with Crippen molar-refractivity contribution in [2.24, 2.45) is 5.11 Å². The van der Waals surface area contributed by atoms with Crippen LogP contribution in [0, 0.1) is 6.92 Å². The average molecular weight is 322 g/mol. The Morgan fingerprint density at radius 1 is 1.25 bits per heavy atom. The van der Waals surface area contributed by atoms with E-state index < -0.39 is 0 Å². The lowest BCUT2D eigenvalue weighted by Crippen LogP contribution is -2.06. The summed E-state index contributed by atoms with van der Waals surface area (Å²) in [5, 5.41) is 3.50. The Morgan fingerprint density at radius 3 is 3.00 bits per heavy atom. The minimum atomic E-state index is 0.439. The monoisotopic (exact) mass is 322 g/mol. The molecular formula is C17H18N6O. The van der Waals surface area contributed by atoms with Gasteiger partial charge >= 0.3 is 0 Å². The van der Waals surface area contributed by atoms with E-state index in [2.05, 4.69) is 24.6 Å². The standard InChI is InChI=1S/C17H18N6O/c1-13-15(11-23-12-20-14-5-2-3-6-16(14)23)19-9-7-17(13)24-10-4-8-21-22-18/h2-3,5-7,9,12H,4,8,10-11H2,1H3. The Bertz CT molecular complexity index is 882. The Balaban J connectivity index is 1.74. The van der Waals surface area contributed by atoms with E-state index >= 15 is 0 Å². The van der Waals surface area contributed by atoms with Gasteiger partial charge in [0, 0.05) is 23.2 Å². The maximum atomic E-state index is 8.26. The number of hydrogen-bond donors (Lipinski definition) is 0. The number of aromatic nitrogens is 3. The molecule has 24 heavy (non-hydrogen) atoms. The molecule has 0 aliphatic rings. The van der Waals surface area contributed by atoms with Crippen LogP contribution in [0.3, 0.4) is 0 Å². The van der Waals surface area contributed by atoms with E-state index in [0.717, 1.165) is 28.0 Å². The average Bonchev–Trinajstić information content (AvgIpc) is 3.01. The molecule has 1 aromatic carbocycles. The highest BCUT2D eigenvalue weighted by molar-refractivity contribution is 5.75. The third kappa shape index (κ3) is 3.47. The van der Waals surface area contributed by atoms with Crippen molar-refractivity contribution < 1.29 is 4.74 Å². The first-order chi connectivity index (χ1) is 11.8. The minimum absolute atomic E-state index is 0.439. The molecule has 0 amide bonds. The molecule has 3 rings (SSSR count). The highest BCUT2D eigenvalue weighted by Gasteiger charge is 2.09. The van der Waals surface area contributed by atoms with Crippen molar-refractivity contribution in [3.05, 3.63) is 64.6 Å². The van der Waals surface area contributed by atoms with E-state index in [0.29, 0.717) is 26.1 Å². The molecule has 0 radical (unpaired) electrons. The van der Waals surface area contributed by atoms with Gasteiger partial charge in [-0.3, -0.25) is 4.98 Å². The second-order valence-corrected chi connectivity index (χ2v) is 5.40. The SMILES string of the molecule is Cc1c(OCCCN=[N+]=[N-])ccnc1Cn1cnc2ccccc21. The van der Waals surface area contributed by atoms with E-state index in [9.17, 15) is 0 Å². The van der Waals surface area contributed by atoms with Crippen LogP contribution in [0.25, 0.3) is 21.5 Å². The number of nitrogens with zero attached hydrogens (tertiary/aromatic N) is 6. The van der Waals surface area contributed by atoms with Gasteiger partial charge in [0.1, 0.15) is 5.75 Å². The number of azide groups is 1. The van der Waals surface area contributed by atoms with E-state index in [1.807, 2.05) is 43.6 Å². The fourth-order valence-corrected chi connectivity index (χ4v) is 2.53. The predicted octanol–water partition coefficient (Wildman–Crippen LogP) is 3.87. The molecule has 0 saturated carbocycles. The molecule has 7 nitrogen and oxygen atoms in total. The minimum Gasteiger partial charge on any atom is -0.493 e. The number of ether oxygens (including phenoxy) is 1. The topological polar surface area (TPSA) is 88.7 Å². The van der Waals surface area contributed by atoms with Crippen LogP contribution in [-0.2, 0) is 6.54 Å². The van der Waals surface area contributed by atoms with Gasteiger partial charge in [-0.1, -0.05) is 17.2 Å². The molecule has 2 heterocycles. The molecule has 7 heteroatoms. The summed E-state index contributed by atoms with van der Waals surface area (Å²) in [7, 11) is 0. The molecule has 0 aliphatic carbocycles. The van der Waals surface area contributed by atoms with Crippen molar-refractivity contribution in [1.82, 2.24) is 14.5 Å². The first kappa shape index (κ1) is 15.8. The van der Waals surface area contributed by atoms with Crippen molar-refractivity contribution in [3.8, 4) is 5.75 Å². The number of pyridine rings is 1. The second kappa shape index (κ2) is 7.48. The summed E-state index contributed by atoms with van der Waals surface area (Å²) >= 11 is 0. The van der Waals surface area contributed by atoms with E-state index in [1.54, 1.807) is 6.20 Å². The Morgan fingerprint density at radius 2 is 2.12 bits per heavy atom. The van der Waals surface area contributed by atoms with Gasteiger partial charge in [0.15, 0.2) is 0 Å². The van der Waals surface area contributed by atoms with Crippen molar-refractivity contribution in [2.75, 3.05) is 13.2 Å². The number of para-hydroxylation sites is 2. The summed E-state index contributed by atoms with van der Waals surface area (Å²) < 4.78 is 7.86. The molecule has 3 aromatic rings. The van der Waals surface area contributed by atoms with Crippen LogP contribution < -0.4 is 4.74 Å². The van der Waals surface area contributed by atoms with Crippen LogP contribution in [-0.4, -0.2) is 27.7 Å². The van der Waals surface area contributed by atoms with Gasteiger partial charge in [0.25, 0.3) is 0 Å². The molecule has 0 fully saturated rings. The summed E-state index contributed by atoms with van der Waals surface area (Å²) in [6.45, 7) is 3.60. The summed E-state index contributed by atoms with van der Waals surface area (Å²) in [6.07, 6.45) is 4.27. The van der Waals surface area contributed by atoms with E-state index in [4.69, 9.17) is 10.3 Å². The van der Waals surface area contributed by atoms with Crippen LogP contribution in [0.2, 0.25) is 0 Å². The molecule has 122 valence electrons. The van der Waals surface area contributed by atoms with Gasteiger partial charge in [-0.25, -0.2) is 4.98 Å². The van der Waals surface area contributed by atoms with Gasteiger partial charge in [-0.15, -0.1) is 0 Å². The van der Waals surface area contributed by atoms with Crippen LogP contribution in [0.15, 0.2) is 48.0 Å². The van der Waals surface area contributed by atoms with Gasteiger partial charge < -0.3 is 9.30 Å². The lowest BCUT2D eigenvalue weighted by atomic mass is 10.2. The number of hydrogen-bond acceptors (Lipinski definition) is 4. The quantitative estimate of drug-likeness (QED) is 0.286. The summed E-state index contributed by atoms with van der Waals surface area (Å²) in [4.78, 5) is 11.6. The fraction of sp³-hybridized carbons (Fsp3) is 0.294. The van der Waals surface area contributed by atoms with Crippen molar-refractivity contribution in [2.45, 2.75) is 19.9 Å². The second-order valence-electron chi connectivity index (χ2n) is 5.40. The Hall–Kier alpha value is -3.05. The van der Waals surface area contributed by atoms with Crippen LogP contribution in [0.5, 0.6) is 5.75 Å². The highest BCUT2D eigenvalue weighted by atomic mass is 16.5. The van der Waals surface area contributed by atoms with E-state index in [1.165, 1.54) is 0 Å². The van der Waals surface area contributed by atoms with Crippen molar-refractivity contribution >= 4 is 11.0 Å². The Kier molecular flexibility index (Phi) is 4.93. The lowest BCUT2D eigenvalue weighted by molar-refractivity contribution is 0.310. The molecule has 0 saturated heterocycles. The number of benzene rings is 1. The third-order valence-corrected chi connectivity index (χ3v) is 3.83. The predicted molar refractivity (Wildman–Crippen MR) is 91.9 cm³/mol. The highest BCUT2D eigenvalue weighted by Crippen LogP contribution is 2.22. The third-order valence-electron chi connectivity index (χ3n) is 3.83. The van der Waals surface area contributed by atoms with Gasteiger partial charge in [0.05, 0.1) is 36.2 Å². The maximum absolute atomic E-state index is 8.26. The number of fused-ring (bicyclic) bond motifs is 1. The molecule has 0 spiro atoms. The maximum Gasteiger partial charge on any atom is 0.125 e. The van der Waals surface area contributed by atoms with E-state index in [-0.39, 0.29) is 0 Å². The number of rotatable bonds is 7. The molecular weight excluding hydrogens is 304 g/mol. The largest absolute Gasteiger partial charge is 0.493 e. The summed E-state index contributed by atoms with van der Waals surface area (Å²) in [5.74, 6) is 0.811. The van der Waals surface area contributed by atoms with Crippen LogP contribution in [0.4, 0.5) is 0 Å². The van der Waals surface area contributed by atoms with Gasteiger partial charge in [-0.2, -0.15) is 0 Å². The van der Waals surface area contributed by atoms with Crippen molar-refractivity contribution in [1.29, 1.82) is 0 Å². The first-order valence-corrected chi connectivity index (χ1v) is 7.77. The Labute approximate surface area is 139 Å². The smallest absolute Gasteiger partial charge is 0.125 e. The lowest BCUT2D eigenvalue weighted by Gasteiger charge is -2.12. The first-order valence-electron chi connectivity index (χ1n) is 7.77. The van der Waals surface area contributed by atoms with Gasteiger partial charge in [-0.05, 0) is 37.1 Å². The zero-order chi connectivity index (χ0) is 16.8. The zero-order valence-electron chi connectivity index (χ0n) is 13.5. The summed E-state index contributed by atoms with van der Waals surface area (Å²) in [6, 6.07) is 9.89. The fourth-order valence-electron chi connectivity index (χ4n) is 2.53. The summed E-state index contributed by atoms with van der Waals surface area (Å²) in [5.41, 5.74) is 12.3. The van der Waals surface area contributed by atoms with Crippen LogP contribution >= 0.6 is 0 Å². The van der Waals surface area contributed by atoms with Crippen LogP contribution in [0.1, 0.15) is 17.7 Å². The normalized spacial score (nSPS) is 10.5. The van der Waals surface area contributed by atoms with Gasteiger partial charge in [0.2, 0.25) is 0 Å². The molecule has 0 atom stereocenters. The zero-order valence-corrected chi connectivity index (χ0v) is 13.5. The van der Waals surface area contributed by atoms with Crippen molar-refractivity contribution in [3.63, 3.8) is 0 Å². The molecule has 0 aliphatic heterocycles. The molecule has 0 unspecified atom stereocenters.